The van der Waals surface area contributed by atoms with Gasteiger partial charge in [0.15, 0.2) is 0 Å². The molecule has 0 amide bonds. The van der Waals surface area contributed by atoms with E-state index in [0.29, 0.717) is 5.92 Å². The van der Waals surface area contributed by atoms with Gasteiger partial charge in [0.25, 0.3) is 0 Å². The lowest BCUT2D eigenvalue weighted by atomic mass is 9.90. The van der Waals surface area contributed by atoms with Crippen LogP contribution >= 0.6 is 12.4 Å². The SMILES string of the molecule is Cc1[nH]ncc1CNCC1CCN(C)c2ccccc21.Cl. The zero-order chi connectivity index (χ0) is 13.9. The number of para-hydroxylation sites is 1. The number of H-pyrrole nitrogens is 1. The fourth-order valence-electron chi connectivity index (χ4n) is 2.95. The molecule has 114 valence electrons. The fraction of sp³-hybridized carbons (Fsp3) is 0.438. The maximum atomic E-state index is 4.06. The summed E-state index contributed by atoms with van der Waals surface area (Å²) in [7, 11) is 2.18. The number of aryl methyl sites for hydroxylation is 1. The summed E-state index contributed by atoms with van der Waals surface area (Å²) >= 11 is 0. The second-order valence-electron chi connectivity index (χ2n) is 5.62. The zero-order valence-corrected chi connectivity index (χ0v) is 13.4. The van der Waals surface area contributed by atoms with Gasteiger partial charge in [0.1, 0.15) is 0 Å². The van der Waals surface area contributed by atoms with Gasteiger partial charge in [-0.1, -0.05) is 18.2 Å². The summed E-state index contributed by atoms with van der Waals surface area (Å²) in [6.45, 7) is 5.11. The van der Waals surface area contributed by atoms with Crippen molar-refractivity contribution in [3.63, 3.8) is 0 Å². The Balaban J connectivity index is 0.00000161. The van der Waals surface area contributed by atoms with E-state index in [0.717, 1.165) is 25.3 Å². The maximum absolute atomic E-state index is 4.06. The van der Waals surface area contributed by atoms with E-state index in [-0.39, 0.29) is 12.4 Å². The molecule has 1 unspecified atom stereocenters. The molecule has 21 heavy (non-hydrogen) atoms. The lowest BCUT2D eigenvalue weighted by Gasteiger charge is -2.33. The molecule has 0 saturated heterocycles. The van der Waals surface area contributed by atoms with Gasteiger partial charge in [-0.3, -0.25) is 5.10 Å². The van der Waals surface area contributed by atoms with Crippen LogP contribution in [0.25, 0.3) is 0 Å². The Bertz CT molecular complexity index is 581. The molecule has 1 atom stereocenters. The number of hydrogen-bond acceptors (Lipinski definition) is 3. The third kappa shape index (κ3) is 3.39. The number of rotatable bonds is 4. The first-order valence-electron chi connectivity index (χ1n) is 7.25. The highest BCUT2D eigenvalue weighted by Gasteiger charge is 2.22. The minimum Gasteiger partial charge on any atom is -0.374 e. The Hall–Kier alpha value is -1.52. The Labute approximate surface area is 132 Å². The van der Waals surface area contributed by atoms with Gasteiger partial charge in [-0.15, -0.1) is 12.4 Å². The van der Waals surface area contributed by atoms with E-state index in [1.54, 1.807) is 0 Å². The van der Waals surface area contributed by atoms with Crippen LogP contribution in [0.15, 0.2) is 30.5 Å². The van der Waals surface area contributed by atoms with E-state index in [1.165, 1.54) is 23.2 Å². The van der Waals surface area contributed by atoms with Crippen LogP contribution in [0.5, 0.6) is 0 Å². The predicted octanol–water partition coefficient (Wildman–Crippen LogP) is 2.85. The van der Waals surface area contributed by atoms with Crippen LogP contribution < -0.4 is 10.2 Å². The predicted molar refractivity (Wildman–Crippen MR) is 89.3 cm³/mol. The number of benzene rings is 1. The Morgan fingerprint density at radius 3 is 2.95 bits per heavy atom. The lowest BCUT2D eigenvalue weighted by molar-refractivity contribution is 0.533. The van der Waals surface area contributed by atoms with Crippen molar-refractivity contribution in [2.24, 2.45) is 0 Å². The molecule has 0 aliphatic carbocycles. The summed E-state index contributed by atoms with van der Waals surface area (Å²) in [5.41, 5.74) is 5.26. The van der Waals surface area contributed by atoms with E-state index in [2.05, 4.69) is 58.7 Å². The standard InChI is InChI=1S/C16H22N4.ClH/c1-12-14(11-18-19-12)10-17-9-13-7-8-20(2)16-6-4-3-5-15(13)16;/h3-6,11,13,17H,7-10H2,1-2H3,(H,18,19);1H. The molecule has 3 rings (SSSR count). The smallest absolute Gasteiger partial charge is 0.0535 e. The highest BCUT2D eigenvalue weighted by molar-refractivity contribution is 5.85. The molecule has 2 heterocycles. The van der Waals surface area contributed by atoms with Crippen LogP contribution in [0.1, 0.15) is 29.2 Å². The van der Waals surface area contributed by atoms with E-state index >= 15 is 0 Å². The highest BCUT2D eigenvalue weighted by atomic mass is 35.5. The average molecular weight is 307 g/mol. The van der Waals surface area contributed by atoms with Crippen LogP contribution in [0, 0.1) is 6.92 Å². The fourth-order valence-corrected chi connectivity index (χ4v) is 2.95. The summed E-state index contributed by atoms with van der Waals surface area (Å²) in [4.78, 5) is 2.35. The van der Waals surface area contributed by atoms with Crippen molar-refractivity contribution in [3.8, 4) is 0 Å². The quantitative estimate of drug-likeness (QED) is 0.913. The summed E-state index contributed by atoms with van der Waals surface area (Å²) in [5, 5.41) is 10.6. The van der Waals surface area contributed by atoms with Gasteiger partial charge in [-0.05, 0) is 25.0 Å². The van der Waals surface area contributed by atoms with E-state index in [4.69, 9.17) is 0 Å². The molecule has 5 heteroatoms. The average Bonchev–Trinajstić information content (AvgIpc) is 2.87. The molecule has 0 saturated carbocycles. The van der Waals surface area contributed by atoms with Gasteiger partial charge in [0.2, 0.25) is 0 Å². The number of nitrogens with zero attached hydrogens (tertiary/aromatic N) is 2. The first-order valence-corrected chi connectivity index (χ1v) is 7.25. The molecule has 0 fully saturated rings. The molecule has 2 aromatic rings. The van der Waals surface area contributed by atoms with E-state index < -0.39 is 0 Å². The van der Waals surface area contributed by atoms with Crippen molar-refractivity contribution >= 4 is 18.1 Å². The molecule has 0 radical (unpaired) electrons. The number of nitrogens with one attached hydrogen (secondary N) is 2. The maximum Gasteiger partial charge on any atom is 0.0535 e. The highest BCUT2D eigenvalue weighted by Crippen LogP contribution is 2.33. The van der Waals surface area contributed by atoms with E-state index in [9.17, 15) is 0 Å². The van der Waals surface area contributed by atoms with Gasteiger partial charge in [0, 0.05) is 49.5 Å². The number of aromatic nitrogens is 2. The van der Waals surface area contributed by atoms with Crippen molar-refractivity contribution in [3.05, 3.63) is 47.3 Å². The number of hydrogen-bond donors (Lipinski definition) is 2. The first kappa shape index (κ1) is 15.9. The minimum atomic E-state index is 0. The van der Waals surface area contributed by atoms with Gasteiger partial charge in [0.05, 0.1) is 6.20 Å². The second-order valence-corrected chi connectivity index (χ2v) is 5.62. The normalized spacial score (nSPS) is 17.2. The molecule has 1 aliphatic rings. The minimum absolute atomic E-state index is 0. The Morgan fingerprint density at radius 2 is 2.19 bits per heavy atom. The lowest BCUT2D eigenvalue weighted by Crippen LogP contribution is -2.31. The van der Waals surface area contributed by atoms with Crippen molar-refractivity contribution < 1.29 is 0 Å². The third-order valence-electron chi connectivity index (χ3n) is 4.24. The Morgan fingerprint density at radius 1 is 1.38 bits per heavy atom. The van der Waals surface area contributed by atoms with Crippen molar-refractivity contribution in [1.82, 2.24) is 15.5 Å². The van der Waals surface area contributed by atoms with Crippen LogP contribution in [-0.2, 0) is 6.54 Å². The molecule has 2 N–H and O–H groups in total. The van der Waals surface area contributed by atoms with Crippen LogP contribution in [-0.4, -0.2) is 30.3 Å². The molecule has 1 aromatic heterocycles. The number of anilines is 1. The van der Waals surface area contributed by atoms with Gasteiger partial charge < -0.3 is 10.2 Å². The van der Waals surface area contributed by atoms with Crippen LogP contribution in [0.4, 0.5) is 5.69 Å². The van der Waals surface area contributed by atoms with Gasteiger partial charge >= 0.3 is 0 Å². The monoisotopic (exact) mass is 306 g/mol. The molecular weight excluding hydrogens is 284 g/mol. The van der Waals surface area contributed by atoms with Crippen molar-refractivity contribution in [2.75, 3.05) is 25.0 Å². The van der Waals surface area contributed by atoms with Gasteiger partial charge in [-0.2, -0.15) is 5.10 Å². The largest absolute Gasteiger partial charge is 0.374 e. The molecule has 1 aromatic carbocycles. The Kier molecular flexibility index (Phi) is 5.26. The molecule has 4 nitrogen and oxygen atoms in total. The molecule has 1 aliphatic heterocycles. The van der Waals surface area contributed by atoms with Gasteiger partial charge in [-0.25, -0.2) is 0 Å². The summed E-state index contributed by atoms with van der Waals surface area (Å²) in [6, 6.07) is 8.76. The topological polar surface area (TPSA) is 44.0 Å². The van der Waals surface area contributed by atoms with Crippen molar-refractivity contribution in [2.45, 2.75) is 25.8 Å². The summed E-state index contributed by atoms with van der Waals surface area (Å²) < 4.78 is 0. The second kappa shape index (κ2) is 6.96. The number of fused-ring (bicyclic) bond motifs is 1. The van der Waals surface area contributed by atoms with E-state index in [1.807, 2.05) is 6.20 Å². The zero-order valence-electron chi connectivity index (χ0n) is 12.6. The van der Waals surface area contributed by atoms with Crippen molar-refractivity contribution in [1.29, 1.82) is 0 Å². The van der Waals surface area contributed by atoms with Crippen LogP contribution in [0.3, 0.4) is 0 Å². The first-order chi connectivity index (χ1) is 9.75. The summed E-state index contributed by atoms with van der Waals surface area (Å²) in [6.07, 6.45) is 3.12. The summed E-state index contributed by atoms with van der Waals surface area (Å²) in [5.74, 6) is 0.606. The molecule has 0 bridgehead atoms. The van der Waals surface area contributed by atoms with Crippen LogP contribution in [0.2, 0.25) is 0 Å². The molecule has 0 spiro atoms. The number of aromatic amines is 1. The molecular formula is C16H23ClN4. The number of halogens is 1. The third-order valence-corrected chi connectivity index (χ3v) is 4.24.